The van der Waals surface area contributed by atoms with E-state index < -0.39 is 0 Å². The van der Waals surface area contributed by atoms with Crippen LogP contribution in [0.3, 0.4) is 0 Å². The van der Waals surface area contributed by atoms with E-state index in [4.69, 9.17) is 0 Å². The molecule has 0 aliphatic carbocycles. The van der Waals surface area contributed by atoms with Gasteiger partial charge in [0.25, 0.3) is 0 Å². The fourth-order valence-corrected chi connectivity index (χ4v) is 3.30. The molecule has 0 aliphatic heterocycles. The Hall–Kier alpha value is -0.160. The van der Waals surface area contributed by atoms with Gasteiger partial charge in [-0.15, -0.1) is 0 Å². The lowest BCUT2D eigenvalue weighted by atomic mass is 9.97. The Labute approximate surface area is 145 Å². The van der Waals surface area contributed by atoms with E-state index in [1.54, 1.807) is 0 Å². The molecule has 1 unspecified atom stereocenters. The summed E-state index contributed by atoms with van der Waals surface area (Å²) in [6.45, 7) is 5.16. The number of hydrogen-bond acceptors (Lipinski definition) is 1. The van der Waals surface area contributed by atoms with Gasteiger partial charge in [-0.3, -0.25) is 0 Å². The fraction of sp³-hybridized carbons (Fsp3) is 0.250. The second-order valence-corrected chi connectivity index (χ2v) is 7.29. The number of nitrogens with one attached hydrogen (secondary N) is 1. The van der Waals surface area contributed by atoms with Crippen molar-refractivity contribution < 1.29 is 0 Å². The highest BCUT2D eigenvalue weighted by atomic mass is 79.9. The van der Waals surface area contributed by atoms with Gasteiger partial charge in [0, 0.05) is 13.4 Å². The molecule has 0 heterocycles. The molecule has 0 fully saturated rings. The van der Waals surface area contributed by atoms with Crippen LogP contribution in [0.5, 0.6) is 0 Å². The maximum absolute atomic E-state index is 3.66. The van der Waals surface area contributed by atoms with Crippen LogP contribution in [0.2, 0.25) is 0 Å². The molecule has 0 amide bonds. The van der Waals surface area contributed by atoms with Crippen LogP contribution in [-0.2, 0) is 0 Å². The summed E-state index contributed by atoms with van der Waals surface area (Å²) >= 11 is 10.8. The highest BCUT2D eigenvalue weighted by Crippen LogP contribution is 2.32. The molecular weight excluding hydrogens is 446 g/mol. The van der Waals surface area contributed by atoms with Crippen LogP contribution in [0.4, 0.5) is 0 Å². The number of aryl methyl sites for hydroxylation is 1. The molecule has 2 aromatic rings. The largest absolute Gasteiger partial charge is 0.306 e. The smallest absolute Gasteiger partial charge is 0.0588 e. The van der Waals surface area contributed by atoms with Gasteiger partial charge in [-0.1, -0.05) is 66.8 Å². The van der Waals surface area contributed by atoms with Gasteiger partial charge < -0.3 is 5.32 Å². The summed E-state index contributed by atoms with van der Waals surface area (Å²) in [5.41, 5.74) is 3.76. The summed E-state index contributed by atoms with van der Waals surface area (Å²) in [6.07, 6.45) is 0. The van der Waals surface area contributed by atoms with Crippen molar-refractivity contribution in [2.45, 2.75) is 19.9 Å². The molecular formula is C16H16Br3N. The van der Waals surface area contributed by atoms with Gasteiger partial charge in [0.05, 0.1) is 6.04 Å². The lowest BCUT2D eigenvalue weighted by molar-refractivity contribution is 0.628. The summed E-state index contributed by atoms with van der Waals surface area (Å²) in [6, 6.07) is 13.0. The molecule has 0 bridgehead atoms. The van der Waals surface area contributed by atoms with Gasteiger partial charge in [-0.2, -0.15) is 0 Å². The first-order valence-electron chi connectivity index (χ1n) is 6.47. The van der Waals surface area contributed by atoms with Gasteiger partial charge in [0.2, 0.25) is 0 Å². The van der Waals surface area contributed by atoms with Crippen LogP contribution in [0.25, 0.3) is 0 Å². The molecule has 2 aromatic carbocycles. The molecule has 0 saturated heterocycles. The molecule has 0 spiro atoms. The van der Waals surface area contributed by atoms with Crippen LogP contribution in [0.15, 0.2) is 49.8 Å². The van der Waals surface area contributed by atoms with E-state index in [-0.39, 0.29) is 6.04 Å². The fourth-order valence-electron chi connectivity index (χ4n) is 2.19. The second-order valence-electron chi connectivity index (χ2n) is 4.67. The van der Waals surface area contributed by atoms with Crippen molar-refractivity contribution in [2.75, 3.05) is 6.54 Å². The Kier molecular flexibility index (Phi) is 5.84. The quantitative estimate of drug-likeness (QED) is 0.590. The lowest BCUT2D eigenvalue weighted by Crippen LogP contribution is -2.22. The minimum atomic E-state index is 0.179. The van der Waals surface area contributed by atoms with Gasteiger partial charge >= 0.3 is 0 Å². The lowest BCUT2D eigenvalue weighted by Gasteiger charge is -2.21. The maximum atomic E-state index is 3.66. The van der Waals surface area contributed by atoms with Crippen LogP contribution >= 0.6 is 47.8 Å². The third-order valence-corrected chi connectivity index (χ3v) is 5.30. The highest BCUT2D eigenvalue weighted by molar-refractivity contribution is 9.11. The van der Waals surface area contributed by atoms with Crippen molar-refractivity contribution in [3.63, 3.8) is 0 Å². The third kappa shape index (κ3) is 3.73. The number of rotatable bonds is 4. The molecule has 2 rings (SSSR count). The standard InChI is InChI=1S/C16H16Br3N/c1-3-20-16(11-4-6-14(18)10(2)8-11)13-9-12(17)5-7-15(13)19/h4-9,16,20H,3H2,1-2H3. The summed E-state index contributed by atoms with van der Waals surface area (Å²) in [5, 5.41) is 3.56. The zero-order valence-corrected chi connectivity index (χ0v) is 16.1. The SMILES string of the molecule is CCNC(c1ccc(Br)c(C)c1)c1cc(Br)ccc1Br. The minimum Gasteiger partial charge on any atom is -0.306 e. The highest BCUT2D eigenvalue weighted by Gasteiger charge is 2.16. The zero-order valence-electron chi connectivity index (χ0n) is 11.4. The third-order valence-electron chi connectivity index (χ3n) is 3.19. The molecule has 1 nitrogen and oxygen atoms in total. The van der Waals surface area contributed by atoms with Crippen molar-refractivity contribution in [2.24, 2.45) is 0 Å². The molecule has 0 saturated carbocycles. The molecule has 4 heteroatoms. The Bertz CT molecular complexity index is 611. The van der Waals surface area contributed by atoms with E-state index in [0.29, 0.717) is 0 Å². The van der Waals surface area contributed by atoms with Crippen molar-refractivity contribution in [1.29, 1.82) is 0 Å². The Morgan fingerprint density at radius 1 is 1.00 bits per heavy atom. The zero-order chi connectivity index (χ0) is 14.7. The molecule has 1 N–H and O–H groups in total. The Morgan fingerprint density at radius 3 is 2.35 bits per heavy atom. The molecule has 0 aliphatic rings. The van der Waals surface area contributed by atoms with Crippen LogP contribution < -0.4 is 5.32 Å². The Balaban J connectivity index is 2.49. The molecule has 20 heavy (non-hydrogen) atoms. The van der Waals surface area contributed by atoms with E-state index in [1.165, 1.54) is 16.7 Å². The predicted octanol–water partition coefficient (Wildman–Crippen LogP) is 5.98. The van der Waals surface area contributed by atoms with E-state index >= 15 is 0 Å². The molecule has 106 valence electrons. The van der Waals surface area contributed by atoms with Gasteiger partial charge in [0.1, 0.15) is 0 Å². The van der Waals surface area contributed by atoms with Gasteiger partial charge in [-0.25, -0.2) is 0 Å². The van der Waals surface area contributed by atoms with Crippen molar-refractivity contribution in [3.8, 4) is 0 Å². The van der Waals surface area contributed by atoms with Gasteiger partial charge in [-0.05, 0) is 54.4 Å². The average molecular weight is 462 g/mol. The van der Waals surface area contributed by atoms with E-state index in [0.717, 1.165) is 20.0 Å². The number of hydrogen-bond donors (Lipinski definition) is 1. The normalized spacial score (nSPS) is 12.4. The maximum Gasteiger partial charge on any atom is 0.0588 e. The summed E-state index contributed by atoms with van der Waals surface area (Å²) < 4.78 is 3.35. The van der Waals surface area contributed by atoms with Crippen molar-refractivity contribution >= 4 is 47.8 Å². The molecule has 1 atom stereocenters. The summed E-state index contributed by atoms with van der Waals surface area (Å²) in [5.74, 6) is 0. The number of benzene rings is 2. The number of halogens is 3. The van der Waals surface area contributed by atoms with Crippen molar-refractivity contribution in [1.82, 2.24) is 5.32 Å². The second kappa shape index (κ2) is 7.21. The topological polar surface area (TPSA) is 12.0 Å². The van der Waals surface area contributed by atoms with Gasteiger partial charge in [0.15, 0.2) is 0 Å². The first kappa shape index (κ1) is 16.2. The Morgan fingerprint density at radius 2 is 1.70 bits per heavy atom. The van der Waals surface area contributed by atoms with E-state index in [2.05, 4.69) is 97.3 Å². The van der Waals surface area contributed by atoms with Crippen molar-refractivity contribution in [3.05, 3.63) is 66.5 Å². The van der Waals surface area contributed by atoms with Crippen LogP contribution in [-0.4, -0.2) is 6.54 Å². The minimum absolute atomic E-state index is 0.179. The summed E-state index contributed by atoms with van der Waals surface area (Å²) in [7, 11) is 0. The molecule has 0 radical (unpaired) electrons. The van der Waals surface area contributed by atoms with Crippen LogP contribution in [0.1, 0.15) is 29.7 Å². The monoisotopic (exact) mass is 459 g/mol. The molecule has 0 aromatic heterocycles. The predicted molar refractivity (Wildman–Crippen MR) is 96.2 cm³/mol. The first-order chi connectivity index (χ1) is 9.52. The van der Waals surface area contributed by atoms with E-state index in [9.17, 15) is 0 Å². The van der Waals surface area contributed by atoms with E-state index in [1.807, 2.05) is 6.07 Å². The first-order valence-corrected chi connectivity index (χ1v) is 8.85. The average Bonchev–Trinajstić information content (AvgIpc) is 2.42. The summed E-state index contributed by atoms with van der Waals surface area (Å²) in [4.78, 5) is 0. The van der Waals surface area contributed by atoms with Crippen LogP contribution in [0, 0.1) is 6.92 Å².